The molecule has 0 aliphatic carbocycles. The zero-order chi connectivity index (χ0) is 15.2. The van der Waals surface area contributed by atoms with Crippen LogP contribution in [0, 0.1) is 19.8 Å². The van der Waals surface area contributed by atoms with Crippen molar-refractivity contribution in [2.75, 3.05) is 18.8 Å². The summed E-state index contributed by atoms with van der Waals surface area (Å²) in [6.07, 6.45) is 1.08. The molecule has 2 heterocycles. The van der Waals surface area contributed by atoms with Crippen LogP contribution in [0.3, 0.4) is 0 Å². The van der Waals surface area contributed by atoms with Gasteiger partial charge in [0, 0.05) is 13.1 Å². The quantitative estimate of drug-likeness (QED) is 0.832. The molecule has 0 spiro atoms. The van der Waals surface area contributed by atoms with Crippen molar-refractivity contribution in [3.8, 4) is 0 Å². The van der Waals surface area contributed by atoms with E-state index in [0.717, 1.165) is 16.7 Å². The first-order chi connectivity index (χ1) is 9.88. The Bertz CT molecular complexity index is 661. The molecule has 21 heavy (non-hydrogen) atoms. The third-order valence-corrected chi connectivity index (χ3v) is 7.20. The van der Waals surface area contributed by atoms with E-state index in [2.05, 4.69) is 0 Å². The van der Waals surface area contributed by atoms with E-state index in [1.807, 2.05) is 32.0 Å². The Morgan fingerprint density at radius 3 is 2.52 bits per heavy atom. The van der Waals surface area contributed by atoms with Gasteiger partial charge >= 0.3 is 0 Å². The van der Waals surface area contributed by atoms with Gasteiger partial charge in [-0.05, 0) is 42.9 Å². The zero-order valence-electron chi connectivity index (χ0n) is 12.5. The molecular weight excluding hydrogens is 286 g/mol. The summed E-state index contributed by atoms with van der Waals surface area (Å²) >= 11 is 0. The maximum Gasteiger partial charge on any atom is 0.227 e. The number of carbonyl (C=O) groups is 1. The topological polar surface area (TPSA) is 54.5 Å². The minimum atomic E-state index is -2.97. The molecule has 0 saturated carbocycles. The second-order valence-corrected chi connectivity index (χ2v) is 8.64. The van der Waals surface area contributed by atoms with Crippen LogP contribution in [0.4, 0.5) is 0 Å². The second kappa shape index (κ2) is 5.13. The van der Waals surface area contributed by atoms with Crippen molar-refractivity contribution < 1.29 is 13.2 Å². The fourth-order valence-corrected chi connectivity index (χ4v) is 5.74. The molecule has 1 amide bonds. The summed E-state index contributed by atoms with van der Waals surface area (Å²) in [5.41, 5.74) is 3.31. The number of hydrogen-bond donors (Lipinski definition) is 0. The maximum atomic E-state index is 12.5. The monoisotopic (exact) mass is 307 g/mol. The third kappa shape index (κ3) is 2.59. The Labute approximate surface area is 126 Å². The smallest absolute Gasteiger partial charge is 0.227 e. The number of sulfone groups is 1. The van der Waals surface area contributed by atoms with Crippen molar-refractivity contribution in [3.63, 3.8) is 0 Å². The number of aryl methyl sites for hydroxylation is 2. The number of hydrogen-bond acceptors (Lipinski definition) is 3. The molecule has 1 aromatic rings. The van der Waals surface area contributed by atoms with Crippen molar-refractivity contribution in [1.82, 2.24) is 4.90 Å². The lowest BCUT2D eigenvalue weighted by atomic mass is 9.99. The fourth-order valence-electron chi connectivity index (χ4n) is 3.59. The van der Waals surface area contributed by atoms with Gasteiger partial charge in [0.15, 0.2) is 9.84 Å². The van der Waals surface area contributed by atoms with Crippen molar-refractivity contribution in [2.24, 2.45) is 5.92 Å². The lowest BCUT2D eigenvalue weighted by Crippen LogP contribution is -2.33. The summed E-state index contributed by atoms with van der Waals surface area (Å²) in [7, 11) is -2.97. The second-order valence-electron chi connectivity index (χ2n) is 6.30. The lowest BCUT2D eigenvalue weighted by Gasteiger charge is -2.18. The van der Waals surface area contributed by atoms with Gasteiger partial charge in [-0.1, -0.05) is 18.2 Å². The summed E-state index contributed by atoms with van der Waals surface area (Å²) < 4.78 is 23.9. The number of nitrogens with zero attached hydrogens (tertiary/aromatic N) is 1. The SMILES string of the molecule is Cc1cccc(C)c1CC(=O)N1C[C@@H]2CCS(=O)(=O)[C@@H]2C1. The van der Waals surface area contributed by atoms with E-state index in [9.17, 15) is 13.2 Å². The van der Waals surface area contributed by atoms with Crippen molar-refractivity contribution >= 4 is 15.7 Å². The molecule has 0 radical (unpaired) electrons. The summed E-state index contributed by atoms with van der Waals surface area (Å²) in [5, 5.41) is -0.320. The predicted octanol–water partition coefficient (Wildman–Crippen LogP) is 1.49. The summed E-state index contributed by atoms with van der Waals surface area (Å²) in [6.45, 7) is 5.02. The van der Waals surface area contributed by atoms with Crippen LogP contribution in [0.15, 0.2) is 18.2 Å². The molecule has 2 saturated heterocycles. The van der Waals surface area contributed by atoms with E-state index in [1.54, 1.807) is 4.90 Å². The maximum absolute atomic E-state index is 12.5. The third-order valence-electron chi connectivity index (χ3n) is 4.94. The largest absolute Gasteiger partial charge is 0.341 e. The highest BCUT2D eigenvalue weighted by atomic mass is 32.2. The van der Waals surface area contributed by atoms with E-state index in [-0.39, 0.29) is 17.1 Å². The van der Waals surface area contributed by atoms with Gasteiger partial charge < -0.3 is 4.90 Å². The van der Waals surface area contributed by atoms with Crippen LogP contribution >= 0.6 is 0 Å². The highest BCUT2D eigenvalue weighted by molar-refractivity contribution is 7.92. The zero-order valence-corrected chi connectivity index (χ0v) is 13.3. The van der Waals surface area contributed by atoms with Gasteiger partial charge in [-0.15, -0.1) is 0 Å². The molecule has 0 bridgehead atoms. The number of amides is 1. The Hall–Kier alpha value is -1.36. The highest BCUT2D eigenvalue weighted by Gasteiger charge is 2.47. The van der Waals surface area contributed by atoms with Gasteiger partial charge in [0.05, 0.1) is 17.4 Å². The first-order valence-corrected chi connectivity index (χ1v) is 9.14. The molecule has 2 aliphatic rings. The molecule has 1 aromatic carbocycles. The van der Waals surface area contributed by atoms with Gasteiger partial charge in [-0.3, -0.25) is 4.79 Å². The minimum absolute atomic E-state index is 0.0528. The number of rotatable bonds is 2. The molecule has 0 aromatic heterocycles. The van der Waals surface area contributed by atoms with Crippen molar-refractivity contribution in [3.05, 3.63) is 34.9 Å². The summed E-state index contributed by atoms with van der Waals surface area (Å²) in [4.78, 5) is 14.2. The number of fused-ring (bicyclic) bond motifs is 1. The van der Waals surface area contributed by atoms with Crippen LogP contribution < -0.4 is 0 Å². The molecule has 2 aliphatic heterocycles. The van der Waals surface area contributed by atoms with Gasteiger partial charge in [0.25, 0.3) is 0 Å². The molecule has 3 rings (SSSR count). The molecule has 0 unspecified atom stereocenters. The molecular formula is C16H21NO3S. The standard InChI is InChI=1S/C16H21NO3S/c1-11-4-3-5-12(2)14(11)8-16(18)17-9-13-6-7-21(19,20)15(13)10-17/h3-5,13,15H,6-10H2,1-2H3/t13-,15+/m0/s1. The lowest BCUT2D eigenvalue weighted by molar-refractivity contribution is -0.129. The van der Waals surface area contributed by atoms with E-state index in [0.29, 0.717) is 31.7 Å². The number of benzene rings is 1. The van der Waals surface area contributed by atoms with Crippen molar-refractivity contribution in [1.29, 1.82) is 0 Å². The summed E-state index contributed by atoms with van der Waals surface area (Å²) in [6, 6.07) is 6.02. The Kier molecular flexibility index (Phi) is 3.56. The first-order valence-electron chi connectivity index (χ1n) is 7.43. The average Bonchev–Trinajstić information content (AvgIpc) is 2.96. The Morgan fingerprint density at radius 1 is 1.24 bits per heavy atom. The van der Waals surface area contributed by atoms with E-state index >= 15 is 0 Å². The molecule has 4 nitrogen and oxygen atoms in total. The first kappa shape index (κ1) is 14.6. The van der Waals surface area contributed by atoms with Crippen LogP contribution in [-0.2, 0) is 21.1 Å². The van der Waals surface area contributed by atoms with Gasteiger partial charge in [0.2, 0.25) is 5.91 Å². The highest BCUT2D eigenvalue weighted by Crippen LogP contribution is 2.33. The van der Waals surface area contributed by atoms with Gasteiger partial charge in [0.1, 0.15) is 0 Å². The fraction of sp³-hybridized carbons (Fsp3) is 0.562. The van der Waals surface area contributed by atoms with E-state index < -0.39 is 9.84 Å². The van der Waals surface area contributed by atoms with E-state index in [1.165, 1.54) is 0 Å². The van der Waals surface area contributed by atoms with Crippen LogP contribution in [0.1, 0.15) is 23.1 Å². The van der Waals surface area contributed by atoms with Crippen LogP contribution in [0.2, 0.25) is 0 Å². The van der Waals surface area contributed by atoms with Crippen LogP contribution in [0.25, 0.3) is 0 Å². The van der Waals surface area contributed by atoms with E-state index in [4.69, 9.17) is 0 Å². The predicted molar refractivity (Wildman–Crippen MR) is 81.9 cm³/mol. The minimum Gasteiger partial charge on any atom is -0.341 e. The normalized spacial score (nSPS) is 26.9. The van der Waals surface area contributed by atoms with Crippen molar-refractivity contribution in [2.45, 2.75) is 31.9 Å². The molecule has 114 valence electrons. The van der Waals surface area contributed by atoms with Gasteiger partial charge in [-0.25, -0.2) is 8.42 Å². The van der Waals surface area contributed by atoms with Crippen LogP contribution in [-0.4, -0.2) is 43.3 Å². The molecule has 2 atom stereocenters. The molecule has 2 fully saturated rings. The van der Waals surface area contributed by atoms with Gasteiger partial charge in [-0.2, -0.15) is 0 Å². The number of likely N-dealkylation sites (tertiary alicyclic amines) is 1. The average molecular weight is 307 g/mol. The Balaban J connectivity index is 1.73. The summed E-state index contributed by atoms with van der Waals surface area (Å²) in [5.74, 6) is 0.496. The van der Waals surface area contributed by atoms with Crippen LogP contribution in [0.5, 0.6) is 0 Å². The number of carbonyl (C=O) groups excluding carboxylic acids is 1. The Morgan fingerprint density at radius 2 is 1.90 bits per heavy atom. The molecule has 0 N–H and O–H groups in total. The molecule has 5 heteroatoms.